The molecule has 2 aromatic carbocycles. The SMILES string of the molecule is CCC[C@H]1C(=O)N(CCCc2ccccc2)C[C@H]2N1C(=O)CN(C)N2C(=O)NCc1ccc(OC)cc1. The highest BCUT2D eigenvalue weighted by molar-refractivity contribution is 5.91. The molecule has 2 atom stereocenters. The third-order valence-corrected chi connectivity index (χ3v) is 7.05. The highest BCUT2D eigenvalue weighted by Gasteiger charge is 2.50. The van der Waals surface area contributed by atoms with E-state index in [-0.39, 0.29) is 24.4 Å². The highest BCUT2D eigenvalue weighted by atomic mass is 16.5. The molecule has 2 saturated heterocycles. The van der Waals surface area contributed by atoms with Crippen LogP contribution in [0.5, 0.6) is 5.75 Å². The molecule has 2 aliphatic rings. The highest BCUT2D eigenvalue weighted by Crippen LogP contribution is 2.28. The Morgan fingerprint density at radius 3 is 2.46 bits per heavy atom. The topological polar surface area (TPSA) is 85.4 Å². The van der Waals surface area contributed by atoms with E-state index in [0.29, 0.717) is 26.1 Å². The molecule has 1 N–H and O–H groups in total. The Kier molecular flexibility index (Phi) is 8.66. The van der Waals surface area contributed by atoms with E-state index in [4.69, 9.17) is 4.74 Å². The lowest BCUT2D eigenvalue weighted by molar-refractivity contribution is -0.187. The number of nitrogens with one attached hydrogen (secondary N) is 1. The maximum absolute atomic E-state index is 13.5. The number of rotatable bonds is 9. The molecule has 0 bridgehead atoms. The van der Waals surface area contributed by atoms with Crippen LogP contribution in [0.15, 0.2) is 54.6 Å². The van der Waals surface area contributed by atoms with Gasteiger partial charge in [-0.3, -0.25) is 9.59 Å². The van der Waals surface area contributed by atoms with E-state index in [1.165, 1.54) is 5.56 Å². The number of carbonyl (C=O) groups excluding carboxylic acids is 3. The van der Waals surface area contributed by atoms with Crippen molar-refractivity contribution in [3.8, 4) is 5.75 Å². The van der Waals surface area contributed by atoms with Crippen molar-refractivity contribution in [3.05, 3.63) is 65.7 Å². The van der Waals surface area contributed by atoms with Crippen molar-refractivity contribution in [1.82, 2.24) is 25.1 Å². The zero-order valence-corrected chi connectivity index (χ0v) is 21.9. The number of nitrogens with zero attached hydrogens (tertiary/aromatic N) is 4. The Morgan fingerprint density at radius 1 is 1.05 bits per heavy atom. The van der Waals surface area contributed by atoms with E-state index < -0.39 is 12.2 Å². The molecule has 9 heteroatoms. The number of hydrogen-bond donors (Lipinski definition) is 1. The van der Waals surface area contributed by atoms with Gasteiger partial charge in [0, 0.05) is 20.1 Å². The number of ether oxygens (including phenoxy) is 1. The maximum atomic E-state index is 13.5. The number of methoxy groups -OCH3 is 1. The smallest absolute Gasteiger partial charge is 0.334 e. The summed E-state index contributed by atoms with van der Waals surface area (Å²) in [5, 5.41) is 6.25. The normalized spacial score (nSPS) is 20.1. The summed E-state index contributed by atoms with van der Waals surface area (Å²) in [4.78, 5) is 43.5. The second-order valence-corrected chi connectivity index (χ2v) is 9.63. The fourth-order valence-electron chi connectivity index (χ4n) is 5.18. The number of urea groups is 1. The Hall–Kier alpha value is -3.59. The molecule has 9 nitrogen and oxygen atoms in total. The minimum atomic E-state index is -0.557. The number of likely N-dealkylation sites (N-methyl/N-ethyl adjacent to an activating group) is 1. The van der Waals surface area contributed by atoms with Crippen molar-refractivity contribution in [2.45, 2.75) is 51.4 Å². The zero-order valence-electron chi connectivity index (χ0n) is 21.9. The predicted octanol–water partition coefficient (Wildman–Crippen LogP) is 2.87. The van der Waals surface area contributed by atoms with Crippen LogP contribution in [0.2, 0.25) is 0 Å². The van der Waals surface area contributed by atoms with Crippen LogP contribution in [0.3, 0.4) is 0 Å². The number of piperazine rings is 1. The van der Waals surface area contributed by atoms with Crippen molar-refractivity contribution in [2.24, 2.45) is 0 Å². The average molecular weight is 508 g/mol. The summed E-state index contributed by atoms with van der Waals surface area (Å²) in [6.07, 6.45) is 2.47. The second kappa shape index (κ2) is 12.1. The molecule has 0 spiro atoms. The van der Waals surface area contributed by atoms with Gasteiger partial charge in [-0.1, -0.05) is 55.8 Å². The summed E-state index contributed by atoms with van der Waals surface area (Å²) in [5.74, 6) is 0.603. The molecule has 4 rings (SSSR count). The molecular weight excluding hydrogens is 470 g/mol. The van der Waals surface area contributed by atoms with Crippen molar-refractivity contribution in [3.63, 3.8) is 0 Å². The van der Waals surface area contributed by atoms with E-state index >= 15 is 0 Å². The molecule has 2 fully saturated rings. The van der Waals surface area contributed by atoms with Gasteiger partial charge in [-0.15, -0.1) is 0 Å². The Balaban J connectivity index is 1.49. The Morgan fingerprint density at radius 2 is 1.78 bits per heavy atom. The third-order valence-electron chi connectivity index (χ3n) is 7.05. The minimum Gasteiger partial charge on any atom is -0.497 e. The second-order valence-electron chi connectivity index (χ2n) is 9.63. The fraction of sp³-hybridized carbons (Fsp3) is 0.464. The lowest BCUT2D eigenvalue weighted by atomic mass is 10.0. The van der Waals surface area contributed by atoms with E-state index in [1.54, 1.807) is 29.1 Å². The molecule has 2 aromatic rings. The summed E-state index contributed by atoms with van der Waals surface area (Å²) < 4.78 is 5.20. The first-order chi connectivity index (χ1) is 17.9. The number of aryl methyl sites for hydroxylation is 1. The first-order valence-corrected chi connectivity index (χ1v) is 13.0. The molecule has 198 valence electrons. The lowest BCUT2D eigenvalue weighted by Gasteiger charge is -2.54. The zero-order chi connectivity index (χ0) is 26.4. The van der Waals surface area contributed by atoms with E-state index in [2.05, 4.69) is 17.4 Å². The third kappa shape index (κ3) is 6.05. The van der Waals surface area contributed by atoms with Crippen LogP contribution in [0.1, 0.15) is 37.3 Å². The molecule has 0 radical (unpaired) electrons. The summed E-state index contributed by atoms with van der Waals surface area (Å²) in [7, 11) is 3.36. The van der Waals surface area contributed by atoms with Gasteiger partial charge in [0.2, 0.25) is 11.8 Å². The van der Waals surface area contributed by atoms with Gasteiger partial charge in [0.25, 0.3) is 0 Å². The predicted molar refractivity (Wildman–Crippen MR) is 140 cm³/mol. The van der Waals surface area contributed by atoms with Crippen LogP contribution in [0.25, 0.3) is 0 Å². The van der Waals surface area contributed by atoms with Crippen LogP contribution in [0.4, 0.5) is 4.79 Å². The summed E-state index contributed by atoms with van der Waals surface area (Å²) >= 11 is 0. The van der Waals surface area contributed by atoms with Gasteiger partial charge in [0.1, 0.15) is 18.0 Å². The molecule has 4 amide bonds. The van der Waals surface area contributed by atoms with Gasteiger partial charge in [0.05, 0.1) is 20.2 Å². The molecule has 0 aromatic heterocycles. The van der Waals surface area contributed by atoms with Crippen molar-refractivity contribution < 1.29 is 19.1 Å². The van der Waals surface area contributed by atoms with Crippen LogP contribution in [-0.4, -0.2) is 83.7 Å². The Bertz CT molecular complexity index is 1080. The lowest BCUT2D eigenvalue weighted by Crippen LogP contribution is -2.75. The molecule has 2 heterocycles. The van der Waals surface area contributed by atoms with Crippen LogP contribution in [-0.2, 0) is 22.6 Å². The van der Waals surface area contributed by atoms with Crippen molar-refractivity contribution in [1.29, 1.82) is 0 Å². The number of carbonyl (C=O) groups is 3. The van der Waals surface area contributed by atoms with Gasteiger partial charge >= 0.3 is 6.03 Å². The monoisotopic (exact) mass is 507 g/mol. The van der Waals surface area contributed by atoms with Gasteiger partial charge in [-0.2, -0.15) is 0 Å². The average Bonchev–Trinajstić information content (AvgIpc) is 2.90. The molecule has 0 saturated carbocycles. The molecule has 0 aliphatic carbocycles. The van der Waals surface area contributed by atoms with E-state index in [1.807, 2.05) is 54.3 Å². The molecular formula is C28H37N5O4. The quantitative estimate of drug-likeness (QED) is 0.564. The number of amides is 4. The van der Waals surface area contributed by atoms with Gasteiger partial charge in [-0.25, -0.2) is 14.8 Å². The standard InChI is InChI=1S/C28H37N5O4/c1-4-9-24-27(35)31(17-8-12-21-10-6-5-7-11-21)19-25-32(24)26(34)20-30(2)33(25)28(36)29-18-22-13-15-23(37-3)16-14-22/h5-7,10-11,13-16,24-25H,4,8-9,12,17-20H2,1-3H3,(H,29,36)/t24-,25-/m0/s1. The molecule has 2 aliphatic heterocycles. The minimum absolute atomic E-state index is 0.0253. The van der Waals surface area contributed by atoms with Crippen molar-refractivity contribution in [2.75, 3.05) is 33.8 Å². The van der Waals surface area contributed by atoms with Gasteiger partial charge in [-0.05, 0) is 42.5 Å². The van der Waals surface area contributed by atoms with Gasteiger partial charge in [0.15, 0.2) is 0 Å². The summed E-state index contributed by atoms with van der Waals surface area (Å²) in [6.45, 7) is 3.27. The van der Waals surface area contributed by atoms with Crippen LogP contribution in [0, 0.1) is 0 Å². The van der Waals surface area contributed by atoms with E-state index in [9.17, 15) is 14.4 Å². The van der Waals surface area contributed by atoms with Crippen LogP contribution < -0.4 is 10.1 Å². The first kappa shape index (κ1) is 26.5. The molecule has 0 unspecified atom stereocenters. The maximum Gasteiger partial charge on any atom is 0.334 e. The number of fused-ring (bicyclic) bond motifs is 1. The first-order valence-electron chi connectivity index (χ1n) is 13.0. The number of benzene rings is 2. The summed E-state index contributed by atoms with van der Waals surface area (Å²) in [5.41, 5.74) is 2.16. The number of hydrogen-bond acceptors (Lipinski definition) is 5. The molecule has 37 heavy (non-hydrogen) atoms. The van der Waals surface area contributed by atoms with E-state index in [0.717, 1.165) is 30.6 Å². The largest absolute Gasteiger partial charge is 0.497 e. The van der Waals surface area contributed by atoms with Crippen LogP contribution >= 0.6 is 0 Å². The van der Waals surface area contributed by atoms with Crippen molar-refractivity contribution >= 4 is 17.8 Å². The fourth-order valence-corrected chi connectivity index (χ4v) is 5.18. The number of hydrazine groups is 1. The summed E-state index contributed by atoms with van der Waals surface area (Å²) in [6, 6.07) is 16.9. The Labute approximate surface area is 218 Å². The van der Waals surface area contributed by atoms with Gasteiger partial charge < -0.3 is 19.9 Å².